The molecule has 1 atom stereocenters. The minimum Gasteiger partial charge on any atom is -0.349 e. The van der Waals surface area contributed by atoms with Gasteiger partial charge in [-0.2, -0.15) is 0 Å². The van der Waals surface area contributed by atoms with E-state index in [0.29, 0.717) is 11.7 Å². The van der Waals surface area contributed by atoms with Crippen LogP contribution in [0.15, 0.2) is 53.7 Å². The highest BCUT2D eigenvalue weighted by Gasteiger charge is 2.16. The number of nitrogens with one attached hydrogen (secondary N) is 1. The predicted molar refractivity (Wildman–Crippen MR) is 123 cm³/mol. The zero-order chi connectivity index (χ0) is 21.7. The van der Waals surface area contributed by atoms with Gasteiger partial charge in [-0.05, 0) is 55.9 Å². The number of amides is 1. The zero-order valence-electron chi connectivity index (χ0n) is 18.3. The van der Waals surface area contributed by atoms with Gasteiger partial charge >= 0.3 is 0 Å². The van der Waals surface area contributed by atoms with Gasteiger partial charge in [-0.15, -0.1) is 10.2 Å². The van der Waals surface area contributed by atoms with Gasteiger partial charge in [0.05, 0.1) is 17.5 Å². The first-order valence-electron chi connectivity index (χ1n) is 10.3. The first-order chi connectivity index (χ1) is 14.3. The normalized spacial score (nSPS) is 12.2. The molecule has 0 aliphatic carbocycles. The summed E-state index contributed by atoms with van der Waals surface area (Å²) < 4.78 is 2.00. The molecule has 2 aromatic carbocycles. The summed E-state index contributed by atoms with van der Waals surface area (Å²) >= 11 is 1.40. The summed E-state index contributed by atoms with van der Waals surface area (Å²) in [6.45, 7) is 10.4. The monoisotopic (exact) mass is 422 g/mol. The van der Waals surface area contributed by atoms with Crippen molar-refractivity contribution in [1.29, 1.82) is 0 Å². The number of carbonyl (C=O) groups excluding carboxylic acids is 1. The molecule has 1 N–H and O–H groups in total. The quantitative estimate of drug-likeness (QED) is 0.516. The number of carbonyl (C=O) groups is 1. The Kier molecular flexibility index (Phi) is 7.32. The third-order valence-electron chi connectivity index (χ3n) is 4.99. The first kappa shape index (κ1) is 22.1. The summed E-state index contributed by atoms with van der Waals surface area (Å²) in [6, 6.07) is 16.6. The lowest BCUT2D eigenvalue weighted by molar-refractivity contribution is -0.119. The maximum atomic E-state index is 12.5. The summed E-state index contributed by atoms with van der Waals surface area (Å²) in [6.07, 6.45) is 1.07. The van der Waals surface area contributed by atoms with Gasteiger partial charge in [0.15, 0.2) is 5.16 Å². The molecule has 6 heteroatoms. The fraction of sp³-hybridized carbons (Fsp3) is 0.375. The van der Waals surface area contributed by atoms with Crippen LogP contribution in [-0.4, -0.2) is 26.4 Å². The molecule has 0 aliphatic rings. The van der Waals surface area contributed by atoms with Crippen LogP contribution in [0.2, 0.25) is 0 Å². The Morgan fingerprint density at radius 3 is 2.40 bits per heavy atom. The fourth-order valence-electron chi connectivity index (χ4n) is 3.44. The Labute approximate surface area is 183 Å². The zero-order valence-corrected chi connectivity index (χ0v) is 19.2. The number of rotatable bonds is 8. The summed E-state index contributed by atoms with van der Waals surface area (Å²) in [5, 5.41) is 12.3. The second-order valence-corrected chi connectivity index (χ2v) is 9.01. The van der Waals surface area contributed by atoms with Crippen molar-refractivity contribution in [1.82, 2.24) is 20.1 Å². The molecular formula is C24H30N4OS. The molecule has 1 amide bonds. The Balaban J connectivity index is 1.61. The Morgan fingerprint density at radius 2 is 1.73 bits per heavy atom. The summed E-state index contributed by atoms with van der Waals surface area (Å²) in [5.41, 5.74) is 4.62. The summed E-state index contributed by atoms with van der Waals surface area (Å²) in [4.78, 5) is 12.5. The number of aromatic nitrogens is 3. The van der Waals surface area contributed by atoms with Crippen LogP contribution >= 0.6 is 11.8 Å². The Bertz CT molecular complexity index is 995. The van der Waals surface area contributed by atoms with E-state index in [9.17, 15) is 4.79 Å². The smallest absolute Gasteiger partial charge is 0.230 e. The van der Waals surface area contributed by atoms with Crippen LogP contribution < -0.4 is 5.32 Å². The summed E-state index contributed by atoms with van der Waals surface area (Å²) in [5.74, 6) is 1.72. The van der Waals surface area contributed by atoms with Crippen molar-refractivity contribution in [3.8, 4) is 5.69 Å². The van der Waals surface area contributed by atoms with Gasteiger partial charge in [-0.3, -0.25) is 9.36 Å². The molecular weight excluding hydrogens is 392 g/mol. The molecule has 1 heterocycles. The number of nitrogens with zero attached hydrogens (tertiary/aromatic N) is 3. The van der Waals surface area contributed by atoms with E-state index in [0.717, 1.165) is 34.2 Å². The second-order valence-electron chi connectivity index (χ2n) is 8.07. The van der Waals surface area contributed by atoms with Gasteiger partial charge in [0.25, 0.3) is 0 Å². The largest absolute Gasteiger partial charge is 0.349 e. The van der Waals surface area contributed by atoms with Crippen LogP contribution in [-0.2, 0) is 11.2 Å². The average Bonchev–Trinajstić information content (AvgIpc) is 3.07. The van der Waals surface area contributed by atoms with Crippen LogP contribution in [0.1, 0.15) is 49.3 Å². The molecule has 3 aromatic rings. The van der Waals surface area contributed by atoms with Crippen molar-refractivity contribution in [2.24, 2.45) is 5.92 Å². The van der Waals surface area contributed by atoms with E-state index < -0.39 is 0 Å². The Morgan fingerprint density at radius 1 is 1.03 bits per heavy atom. The van der Waals surface area contributed by atoms with E-state index in [2.05, 4.69) is 66.6 Å². The van der Waals surface area contributed by atoms with Crippen LogP contribution in [0.25, 0.3) is 5.69 Å². The molecule has 0 saturated carbocycles. The van der Waals surface area contributed by atoms with Crippen molar-refractivity contribution in [3.63, 3.8) is 0 Å². The van der Waals surface area contributed by atoms with Crippen LogP contribution in [0.3, 0.4) is 0 Å². The number of hydrogen-bond donors (Lipinski definition) is 1. The number of para-hydroxylation sites is 1. The molecule has 0 bridgehead atoms. The van der Waals surface area contributed by atoms with Gasteiger partial charge in [-0.25, -0.2) is 0 Å². The van der Waals surface area contributed by atoms with Gasteiger partial charge in [0.1, 0.15) is 5.82 Å². The van der Waals surface area contributed by atoms with E-state index >= 15 is 0 Å². The topological polar surface area (TPSA) is 59.8 Å². The molecule has 3 rings (SSSR count). The highest BCUT2D eigenvalue weighted by Crippen LogP contribution is 2.24. The molecule has 0 radical (unpaired) electrons. The minimum atomic E-state index is -0.0397. The van der Waals surface area contributed by atoms with Crippen LogP contribution in [0.4, 0.5) is 0 Å². The van der Waals surface area contributed by atoms with E-state index in [1.807, 2.05) is 36.6 Å². The van der Waals surface area contributed by atoms with E-state index in [-0.39, 0.29) is 11.9 Å². The van der Waals surface area contributed by atoms with E-state index in [1.165, 1.54) is 17.3 Å². The SMILES string of the molecule is Cc1ccccc1-n1c(C)nnc1SCC(=O)NC(C)c1ccc(CC(C)C)cc1. The molecule has 0 saturated heterocycles. The molecule has 1 aromatic heterocycles. The van der Waals surface area contributed by atoms with Crippen molar-refractivity contribution in [2.75, 3.05) is 5.75 Å². The number of aryl methyl sites for hydroxylation is 2. The minimum absolute atomic E-state index is 0.0178. The molecule has 30 heavy (non-hydrogen) atoms. The third-order valence-corrected chi connectivity index (χ3v) is 5.91. The Hall–Kier alpha value is -2.60. The van der Waals surface area contributed by atoms with Crippen molar-refractivity contribution < 1.29 is 4.79 Å². The molecule has 5 nitrogen and oxygen atoms in total. The first-order valence-corrected chi connectivity index (χ1v) is 11.3. The van der Waals surface area contributed by atoms with Crippen molar-refractivity contribution in [3.05, 3.63) is 71.0 Å². The molecule has 0 aliphatic heterocycles. The fourth-order valence-corrected chi connectivity index (χ4v) is 4.24. The lowest BCUT2D eigenvalue weighted by Crippen LogP contribution is -2.28. The van der Waals surface area contributed by atoms with E-state index in [1.54, 1.807) is 0 Å². The molecule has 1 unspecified atom stereocenters. The van der Waals surface area contributed by atoms with Crippen LogP contribution in [0, 0.1) is 19.8 Å². The number of thioether (sulfide) groups is 1. The van der Waals surface area contributed by atoms with Gasteiger partial charge in [0, 0.05) is 0 Å². The number of hydrogen-bond acceptors (Lipinski definition) is 4. The summed E-state index contributed by atoms with van der Waals surface area (Å²) in [7, 11) is 0. The maximum Gasteiger partial charge on any atom is 0.230 e. The van der Waals surface area contributed by atoms with Crippen molar-refractivity contribution in [2.45, 2.75) is 52.2 Å². The molecule has 0 fully saturated rings. The highest BCUT2D eigenvalue weighted by molar-refractivity contribution is 7.99. The highest BCUT2D eigenvalue weighted by atomic mass is 32.2. The predicted octanol–water partition coefficient (Wildman–Crippen LogP) is 5.05. The number of benzene rings is 2. The lowest BCUT2D eigenvalue weighted by Gasteiger charge is -2.15. The van der Waals surface area contributed by atoms with Gasteiger partial charge in [-0.1, -0.05) is 68.1 Å². The van der Waals surface area contributed by atoms with Gasteiger partial charge in [0.2, 0.25) is 5.91 Å². The van der Waals surface area contributed by atoms with E-state index in [4.69, 9.17) is 0 Å². The average molecular weight is 423 g/mol. The standard InChI is InChI=1S/C24H30N4OS/c1-16(2)14-20-10-12-21(13-11-20)18(4)25-23(29)15-30-24-27-26-19(5)28(24)22-9-7-6-8-17(22)3/h6-13,16,18H,14-15H2,1-5H3,(H,25,29). The molecule has 158 valence electrons. The van der Waals surface area contributed by atoms with Crippen molar-refractivity contribution >= 4 is 17.7 Å². The molecule has 0 spiro atoms. The lowest BCUT2D eigenvalue weighted by atomic mass is 10.00. The second kappa shape index (κ2) is 9.94. The maximum absolute atomic E-state index is 12.5. The van der Waals surface area contributed by atoms with Crippen LogP contribution in [0.5, 0.6) is 0 Å². The van der Waals surface area contributed by atoms with Gasteiger partial charge < -0.3 is 5.32 Å². The third kappa shape index (κ3) is 5.51.